The lowest BCUT2D eigenvalue weighted by Crippen LogP contribution is -2.37. The molecule has 0 unspecified atom stereocenters. The Morgan fingerprint density at radius 2 is 1.86 bits per heavy atom. The van der Waals surface area contributed by atoms with Crippen LogP contribution >= 0.6 is 11.6 Å². The van der Waals surface area contributed by atoms with Crippen molar-refractivity contribution in [2.45, 2.75) is 13.1 Å². The number of rotatable bonds is 3. The Labute approximate surface area is 166 Å². The fourth-order valence-electron chi connectivity index (χ4n) is 2.98. The van der Waals surface area contributed by atoms with Gasteiger partial charge in [0.25, 0.3) is 5.56 Å². The molecule has 8 heteroatoms. The van der Waals surface area contributed by atoms with Crippen molar-refractivity contribution in [1.82, 2.24) is 9.55 Å². The van der Waals surface area contributed by atoms with Crippen LogP contribution in [-0.2, 0) is 0 Å². The van der Waals surface area contributed by atoms with Gasteiger partial charge in [-0.05, 0) is 48.9 Å². The quantitative estimate of drug-likeness (QED) is 0.707. The Hall–Kier alpha value is -3.32. The molecule has 0 saturated heterocycles. The van der Waals surface area contributed by atoms with Crippen molar-refractivity contribution in [3.05, 3.63) is 81.2 Å². The van der Waals surface area contributed by atoms with E-state index in [2.05, 4.69) is 15.6 Å². The highest BCUT2D eigenvalue weighted by Gasteiger charge is 2.25. The van der Waals surface area contributed by atoms with Crippen LogP contribution in [0.4, 0.5) is 11.6 Å². The number of halogens is 1. The minimum absolute atomic E-state index is 0.179. The minimum atomic E-state index is -0.560. The third-order valence-electron chi connectivity index (χ3n) is 4.33. The first-order chi connectivity index (χ1) is 13.5. The van der Waals surface area contributed by atoms with Gasteiger partial charge in [0.2, 0.25) is 11.9 Å². The summed E-state index contributed by atoms with van der Waals surface area (Å²) in [6.45, 7) is 1.78. The number of anilines is 2. The molecule has 0 amide bonds. The number of aliphatic imine (C=N–C) groups is 1. The van der Waals surface area contributed by atoms with Crippen LogP contribution in [0.5, 0.6) is 5.75 Å². The molecule has 0 aliphatic carbocycles. The zero-order valence-corrected chi connectivity index (χ0v) is 16.1. The molecule has 142 valence electrons. The number of guanidine groups is 1. The first-order valence-electron chi connectivity index (χ1n) is 8.65. The molecule has 28 heavy (non-hydrogen) atoms. The second kappa shape index (κ2) is 7.36. The lowest BCUT2D eigenvalue weighted by atomic mass is 10.1. The van der Waals surface area contributed by atoms with E-state index in [9.17, 15) is 4.79 Å². The van der Waals surface area contributed by atoms with Crippen LogP contribution < -0.4 is 20.9 Å². The van der Waals surface area contributed by atoms with Gasteiger partial charge in [0.15, 0.2) is 6.17 Å². The van der Waals surface area contributed by atoms with Gasteiger partial charge in [0.05, 0.1) is 7.11 Å². The molecule has 1 atom stereocenters. The molecule has 0 bridgehead atoms. The Morgan fingerprint density at radius 1 is 1.14 bits per heavy atom. The van der Waals surface area contributed by atoms with Gasteiger partial charge in [-0.15, -0.1) is 0 Å². The average Bonchev–Trinajstić information content (AvgIpc) is 2.68. The molecule has 0 spiro atoms. The van der Waals surface area contributed by atoms with Crippen molar-refractivity contribution in [1.29, 1.82) is 0 Å². The summed E-state index contributed by atoms with van der Waals surface area (Å²) in [6.07, 6.45) is -0.560. The van der Waals surface area contributed by atoms with E-state index in [0.29, 0.717) is 22.6 Å². The first-order valence-corrected chi connectivity index (χ1v) is 9.03. The van der Waals surface area contributed by atoms with Crippen molar-refractivity contribution in [3.63, 3.8) is 0 Å². The minimum Gasteiger partial charge on any atom is -0.497 e. The van der Waals surface area contributed by atoms with Gasteiger partial charge in [-0.2, -0.15) is 0 Å². The SMILES string of the molecule is COc1ccc(NC2=N[C@H](c3ccc(Cl)cc3)n3c(nc(C)cc3=O)N2)cc1. The zero-order chi connectivity index (χ0) is 19.7. The third-order valence-corrected chi connectivity index (χ3v) is 4.58. The van der Waals surface area contributed by atoms with Crippen LogP contribution in [0.25, 0.3) is 0 Å². The number of aryl methyl sites for hydroxylation is 1. The fraction of sp³-hybridized carbons (Fsp3) is 0.150. The average molecular weight is 396 g/mol. The van der Waals surface area contributed by atoms with Gasteiger partial charge in [-0.1, -0.05) is 23.7 Å². The molecule has 7 nitrogen and oxygen atoms in total. The van der Waals surface area contributed by atoms with E-state index in [4.69, 9.17) is 21.3 Å². The van der Waals surface area contributed by atoms with Crippen molar-refractivity contribution in [2.24, 2.45) is 4.99 Å². The summed E-state index contributed by atoms with van der Waals surface area (Å²) in [7, 11) is 1.62. The van der Waals surface area contributed by atoms with Crippen molar-refractivity contribution in [3.8, 4) is 5.75 Å². The molecular formula is C20H18ClN5O2. The largest absolute Gasteiger partial charge is 0.497 e. The smallest absolute Gasteiger partial charge is 0.257 e. The number of fused-ring (bicyclic) bond motifs is 1. The van der Waals surface area contributed by atoms with E-state index >= 15 is 0 Å². The summed E-state index contributed by atoms with van der Waals surface area (Å²) in [5, 5.41) is 6.94. The van der Waals surface area contributed by atoms with E-state index < -0.39 is 6.17 Å². The van der Waals surface area contributed by atoms with E-state index in [1.165, 1.54) is 10.6 Å². The number of benzene rings is 2. The summed E-state index contributed by atoms with van der Waals surface area (Å²) < 4.78 is 6.71. The highest BCUT2D eigenvalue weighted by Crippen LogP contribution is 2.27. The maximum Gasteiger partial charge on any atom is 0.257 e. The molecule has 1 aromatic heterocycles. The Morgan fingerprint density at radius 3 is 2.54 bits per heavy atom. The van der Waals surface area contributed by atoms with E-state index in [0.717, 1.165) is 17.0 Å². The number of nitrogens with zero attached hydrogens (tertiary/aromatic N) is 3. The predicted octanol–water partition coefficient (Wildman–Crippen LogP) is 3.65. The van der Waals surface area contributed by atoms with Gasteiger partial charge in [-0.3, -0.25) is 14.7 Å². The number of hydrogen-bond donors (Lipinski definition) is 2. The van der Waals surface area contributed by atoms with E-state index in [1.807, 2.05) is 36.4 Å². The molecular weight excluding hydrogens is 378 g/mol. The van der Waals surface area contributed by atoms with Crippen LogP contribution in [0, 0.1) is 6.92 Å². The van der Waals surface area contributed by atoms with Crippen molar-refractivity contribution in [2.75, 3.05) is 17.7 Å². The maximum absolute atomic E-state index is 12.6. The number of nitrogens with one attached hydrogen (secondary N) is 2. The fourth-order valence-corrected chi connectivity index (χ4v) is 3.11. The topological polar surface area (TPSA) is 80.5 Å². The Balaban J connectivity index is 1.75. The van der Waals surface area contributed by atoms with Crippen LogP contribution in [0.1, 0.15) is 17.4 Å². The summed E-state index contributed by atoms with van der Waals surface area (Å²) in [5.41, 5.74) is 2.10. The van der Waals surface area contributed by atoms with Crippen LogP contribution in [-0.4, -0.2) is 22.6 Å². The highest BCUT2D eigenvalue weighted by molar-refractivity contribution is 6.30. The number of methoxy groups -OCH3 is 1. The molecule has 2 N–H and O–H groups in total. The van der Waals surface area contributed by atoms with Crippen LogP contribution in [0.2, 0.25) is 5.02 Å². The highest BCUT2D eigenvalue weighted by atomic mass is 35.5. The predicted molar refractivity (Wildman–Crippen MR) is 110 cm³/mol. The monoisotopic (exact) mass is 395 g/mol. The molecule has 1 aliphatic rings. The molecule has 0 radical (unpaired) electrons. The summed E-state index contributed by atoms with van der Waals surface area (Å²) in [6, 6.07) is 16.2. The molecule has 0 fully saturated rings. The lowest BCUT2D eigenvalue weighted by molar-refractivity contribution is 0.415. The maximum atomic E-state index is 12.6. The van der Waals surface area contributed by atoms with Crippen molar-refractivity contribution < 1.29 is 4.74 Å². The first kappa shape index (κ1) is 18.1. The number of ether oxygens (including phenoxy) is 1. The zero-order valence-electron chi connectivity index (χ0n) is 15.3. The molecule has 3 aromatic rings. The summed E-state index contributed by atoms with van der Waals surface area (Å²) >= 11 is 6.01. The van der Waals surface area contributed by atoms with E-state index in [-0.39, 0.29) is 5.56 Å². The molecule has 1 aliphatic heterocycles. The van der Waals surface area contributed by atoms with E-state index in [1.54, 1.807) is 26.2 Å². The lowest BCUT2D eigenvalue weighted by Gasteiger charge is -2.27. The van der Waals surface area contributed by atoms with Crippen LogP contribution in [0.15, 0.2) is 64.4 Å². The normalized spacial score (nSPS) is 15.2. The molecule has 2 heterocycles. The number of hydrogen-bond acceptors (Lipinski definition) is 6. The van der Waals surface area contributed by atoms with Crippen LogP contribution in [0.3, 0.4) is 0 Å². The van der Waals surface area contributed by atoms with Gasteiger partial charge < -0.3 is 10.1 Å². The van der Waals surface area contributed by atoms with Gasteiger partial charge in [-0.25, -0.2) is 9.98 Å². The van der Waals surface area contributed by atoms with Gasteiger partial charge >= 0.3 is 0 Å². The third kappa shape index (κ3) is 3.57. The second-order valence-corrected chi connectivity index (χ2v) is 6.75. The Kier molecular flexibility index (Phi) is 4.75. The number of aromatic nitrogens is 2. The second-order valence-electron chi connectivity index (χ2n) is 6.31. The summed E-state index contributed by atoms with van der Waals surface area (Å²) in [5.74, 6) is 1.68. The summed E-state index contributed by atoms with van der Waals surface area (Å²) in [4.78, 5) is 21.8. The van der Waals surface area contributed by atoms with Gasteiger partial charge in [0.1, 0.15) is 5.75 Å². The molecule has 4 rings (SSSR count). The van der Waals surface area contributed by atoms with Crippen molar-refractivity contribution >= 4 is 29.2 Å². The standard InChI is InChI=1S/C20H18ClN5O2/c1-12-11-17(27)26-18(13-3-5-14(21)6-4-13)24-19(25-20(26)22-12)23-15-7-9-16(28-2)10-8-15/h3-11,18H,1-2H3,(H2,22,23,24,25)/t18-/m0/s1. The Bertz CT molecular complexity index is 1090. The molecule has 2 aromatic carbocycles. The molecule has 0 saturated carbocycles. The van der Waals surface area contributed by atoms with Gasteiger partial charge in [0, 0.05) is 22.5 Å².